The molecule has 1 aliphatic heterocycles. The van der Waals surface area contributed by atoms with Crippen molar-refractivity contribution >= 4 is 11.6 Å². The number of anilines is 2. The van der Waals surface area contributed by atoms with E-state index < -0.39 is 0 Å². The van der Waals surface area contributed by atoms with Gasteiger partial charge in [-0.25, -0.2) is 9.97 Å². The Hall–Kier alpha value is -2.14. The number of aromatic nitrogens is 2. The molecule has 1 aromatic heterocycles. The van der Waals surface area contributed by atoms with Gasteiger partial charge in [0.2, 0.25) is 5.95 Å². The third kappa shape index (κ3) is 3.36. The zero-order valence-electron chi connectivity index (χ0n) is 12.9. The SMILES string of the molecule is CC(Nc1nccc(CO)n1)c1cccc(N2CCCC2)c1. The van der Waals surface area contributed by atoms with Crippen LogP contribution in [0.3, 0.4) is 0 Å². The average molecular weight is 298 g/mol. The first-order valence-electron chi connectivity index (χ1n) is 7.80. The van der Waals surface area contributed by atoms with Gasteiger partial charge in [-0.15, -0.1) is 0 Å². The summed E-state index contributed by atoms with van der Waals surface area (Å²) in [5, 5.41) is 12.4. The molecule has 1 saturated heterocycles. The van der Waals surface area contributed by atoms with E-state index in [0.29, 0.717) is 11.6 Å². The number of rotatable bonds is 5. The smallest absolute Gasteiger partial charge is 0.223 e. The van der Waals surface area contributed by atoms with Crippen LogP contribution in [0.2, 0.25) is 0 Å². The van der Waals surface area contributed by atoms with Gasteiger partial charge in [-0.1, -0.05) is 12.1 Å². The minimum absolute atomic E-state index is 0.0734. The first-order chi connectivity index (χ1) is 10.8. The van der Waals surface area contributed by atoms with Crippen LogP contribution in [0.25, 0.3) is 0 Å². The fourth-order valence-electron chi connectivity index (χ4n) is 2.80. The maximum Gasteiger partial charge on any atom is 0.223 e. The predicted octanol–water partition coefficient (Wildman–Crippen LogP) is 2.74. The molecule has 1 unspecified atom stereocenters. The molecule has 0 bridgehead atoms. The monoisotopic (exact) mass is 298 g/mol. The lowest BCUT2D eigenvalue weighted by Gasteiger charge is -2.20. The Bertz CT molecular complexity index is 626. The minimum Gasteiger partial charge on any atom is -0.390 e. The summed E-state index contributed by atoms with van der Waals surface area (Å²) in [4.78, 5) is 10.9. The van der Waals surface area contributed by atoms with Gasteiger partial charge in [0.05, 0.1) is 18.3 Å². The summed E-state index contributed by atoms with van der Waals surface area (Å²) in [5.74, 6) is 0.547. The molecule has 1 aromatic carbocycles. The van der Waals surface area contributed by atoms with E-state index in [4.69, 9.17) is 5.11 Å². The largest absolute Gasteiger partial charge is 0.390 e. The molecule has 1 atom stereocenters. The number of hydrogen-bond donors (Lipinski definition) is 2. The van der Waals surface area contributed by atoms with Gasteiger partial charge < -0.3 is 15.3 Å². The van der Waals surface area contributed by atoms with Gasteiger partial charge in [0.15, 0.2) is 0 Å². The summed E-state index contributed by atoms with van der Waals surface area (Å²) in [7, 11) is 0. The van der Waals surface area contributed by atoms with E-state index in [1.165, 1.54) is 24.1 Å². The van der Waals surface area contributed by atoms with E-state index in [1.54, 1.807) is 12.3 Å². The molecule has 116 valence electrons. The number of nitrogens with zero attached hydrogens (tertiary/aromatic N) is 3. The molecule has 3 rings (SSSR count). The quantitative estimate of drug-likeness (QED) is 0.889. The fraction of sp³-hybridized carbons (Fsp3) is 0.412. The molecule has 1 aliphatic rings. The molecule has 0 amide bonds. The molecule has 0 spiro atoms. The van der Waals surface area contributed by atoms with Gasteiger partial charge in [-0.05, 0) is 43.5 Å². The van der Waals surface area contributed by atoms with Crippen LogP contribution in [0.1, 0.15) is 37.1 Å². The van der Waals surface area contributed by atoms with Gasteiger partial charge in [0.1, 0.15) is 0 Å². The number of nitrogens with one attached hydrogen (secondary N) is 1. The van der Waals surface area contributed by atoms with E-state index in [-0.39, 0.29) is 12.6 Å². The Labute approximate surface area is 131 Å². The molecule has 5 nitrogen and oxygen atoms in total. The van der Waals surface area contributed by atoms with Crippen molar-refractivity contribution in [3.63, 3.8) is 0 Å². The van der Waals surface area contributed by atoms with Crippen LogP contribution in [-0.4, -0.2) is 28.2 Å². The molecular formula is C17H22N4O. The second-order valence-corrected chi connectivity index (χ2v) is 5.68. The Kier molecular flexibility index (Phi) is 4.53. The minimum atomic E-state index is -0.0734. The molecular weight excluding hydrogens is 276 g/mol. The van der Waals surface area contributed by atoms with Crippen molar-refractivity contribution in [2.45, 2.75) is 32.4 Å². The van der Waals surface area contributed by atoms with Gasteiger partial charge in [-0.2, -0.15) is 0 Å². The van der Waals surface area contributed by atoms with Crippen LogP contribution in [0.4, 0.5) is 11.6 Å². The molecule has 0 aliphatic carbocycles. The number of aliphatic hydroxyl groups is 1. The third-order valence-corrected chi connectivity index (χ3v) is 4.06. The summed E-state index contributed by atoms with van der Waals surface area (Å²) in [6.07, 6.45) is 4.22. The highest BCUT2D eigenvalue weighted by Crippen LogP contribution is 2.25. The third-order valence-electron chi connectivity index (χ3n) is 4.06. The number of benzene rings is 1. The van der Waals surface area contributed by atoms with Crippen molar-refractivity contribution in [1.82, 2.24) is 9.97 Å². The van der Waals surface area contributed by atoms with Crippen molar-refractivity contribution in [3.8, 4) is 0 Å². The second-order valence-electron chi connectivity index (χ2n) is 5.68. The van der Waals surface area contributed by atoms with Crippen LogP contribution < -0.4 is 10.2 Å². The maximum atomic E-state index is 9.15. The summed E-state index contributed by atoms with van der Waals surface area (Å²) >= 11 is 0. The van der Waals surface area contributed by atoms with Crippen LogP contribution >= 0.6 is 0 Å². The Morgan fingerprint density at radius 2 is 2.09 bits per heavy atom. The van der Waals surface area contributed by atoms with E-state index in [2.05, 4.69) is 51.4 Å². The molecule has 22 heavy (non-hydrogen) atoms. The summed E-state index contributed by atoms with van der Waals surface area (Å²) in [6.45, 7) is 4.31. The predicted molar refractivity (Wildman–Crippen MR) is 87.9 cm³/mol. The van der Waals surface area contributed by atoms with Crippen molar-refractivity contribution in [3.05, 3.63) is 47.8 Å². The first kappa shape index (κ1) is 14.8. The molecule has 2 N–H and O–H groups in total. The van der Waals surface area contributed by atoms with E-state index in [9.17, 15) is 0 Å². The lowest BCUT2D eigenvalue weighted by molar-refractivity contribution is 0.277. The zero-order chi connectivity index (χ0) is 15.4. The van der Waals surface area contributed by atoms with E-state index in [0.717, 1.165) is 13.1 Å². The van der Waals surface area contributed by atoms with Gasteiger partial charge in [-0.3, -0.25) is 0 Å². The van der Waals surface area contributed by atoms with Crippen LogP contribution in [0, 0.1) is 0 Å². The highest BCUT2D eigenvalue weighted by Gasteiger charge is 2.14. The molecule has 5 heteroatoms. The van der Waals surface area contributed by atoms with E-state index in [1.807, 2.05) is 0 Å². The lowest BCUT2D eigenvalue weighted by atomic mass is 10.1. The molecule has 1 fully saturated rings. The standard InChI is InChI=1S/C17H22N4O/c1-13(19-17-18-8-7-15(12-22)20-17)14-5-4-6-16(11-14)21-9-2-3-10-21/h4-8,11,13,22H,2-3,9-10,12H2,1H3,(H,18,19,20). The summed E-state index contributed by atoms with van der Waals surface area (Å²) in [6, 6.07) is 10.4. The van der Waals surface area contributed by atoms with Crippen molar-refractivity contribution < 1.29 is 5.11 Å². The maximum absolute atomic E-state index is 9.15. The first-order valence-corrected chi connectivity index (χ1v) is 7.80. The van der Waals surface area contributed by atoms with Crippen molar-refractivity contribution in [1.29, 1.82) is 0 Å². The fourth-order valence-corrected chi connectivity index (χ4v) is 2.80. The Balaban J connectivity index is 1.73. The topological polar surface area (TPSA) is 61.3 Å². The van der Waals surface area contributed by atoms with Gasteiger partial charge in [0.25, 0.3) is 0 Å². The Morgan fingerprint density at radius 3 is 2.86 bits per heavy atom. The second kappa shape index (κ2) is 6.75. The Morgan fingerprint density at radius 1 is 1.27 bits per heavy atom. The van der Waals surface area contributed by atoms with Crippen molar-refractivity contribution in [2.75, 3.05) is 23.3 Å². The number of aliphatic hydroxyl groups excluding tert-OH is 1. The van der Waals surface area contributed by atoms with E-state index >= 15 is 0 Å². The highest BCUT2D eigenvalue weighted by atomic mass is 16.3. The molecule has 0 saturated carbocycles. The molecule has 2 heterocycles. The van der Waals surface area contributed by atoms with Crippen LogP contribution in [0.5, 0.6) is 0 Å². The van der Waals surface area contributed by atoms with Crippen LogP contribution in [0.15, 0.2) is 36.5 Å². The molecule has 0 radical (unpaired) electrons. The summed E-state index contributed by atoms with van der Waals surface area (Å²) in [5.41, 5.74) is 3.12. The van der Waals surface area contributed by atoms with Crippen molar-refractivity contribution in [2.24, 2.45) is 0 Å². The van der Waals surface area contributed by atoms with Gasteiger partial charge in [0, 0.05) is 25.0 Å². The van der Waals surface area contributed by atoms with Crippen LogP contribution in [-0.2, 0) is 6.61 Å². The normalized spacial score (nSPS) is 15.8. The van der Waals surface area contributed by atoms with Gasteiger partial charge >= 0.3 is 0 Å². The number of hydrogen-bond acceptors (Lipinski definition) is 5. The zero-order valence-corrected chi connectivity index (χ0v) is 12.9. The lowest BCUT2D eigenvalue weighted by Crippen LogP contribution is -2.18. The molecule has 2 aromatic rings. The highest BCUT2D eigenvalue weighted by molar-refractivity contribution is 5.50. The summed E-state index contributed by atoms with van der Waals surface area (Å²) < 4.78 is 0. The average Bonchev–Trinajstić information content (AvgIpc) is 3.09.